The van der Waals surface area contributed by atoms with Crippen molar-refractivity contribution < 1.29 is 4.79 Å². The van der Waals surface area contributed by atoms with Crippen LogP contribution in [-0.4, -0.2) is 26.9 Å². The molecule has 4 aromatic rings. The van der Waals surface area contributed by atoms with Gasteiger partial charge in [0.25, 0.3) is 11.5 Å². The van der Waals surface area contributed by atoms with E-state index >= 15 is 0 Å². The molecular weight excluding hydrogens is 502 g/mol. The van der Waals surface area contributed by atoms with Crippen molar-refractivity contribution in [1.29, 1.82) is 0 Å². The molecule has 1 heterocycles. The standard InChI is InChI=1S/C29H30BrN3O2/c1-5-26(32(18-19(2)3)28(34)23-11-7-6-10-20(23)4)27-31-25-13-9-8-12-24(25)29(35)33(27)22-16-14-21(30)15-17-22/h6-17,19,26H,5,18H2,1-4H3. The fourth-order valence-electron chi connectivity index (χ4n) is 4.47. The highest BCUT2D eigenvalue weighted by Gasteiger charge is 2.30. The monoisotopic (exact) mass is 531 g/mol. The van der Waals surface area contributed by atoms with E-state index in [1.807, 2.05) is 85.5 Å². The van der Waals surface area contributed by atoms with Crippen LogP contribution in [0.1, 0.15) is 55.0 Å². The van der Waals surface area contributed by atoms with Crippen molar-refractivity contribution in [3.63, 3.8) is 0 Å². The number of aryl methyl sites for hydroxylation is 1. The number of nitrogens with zero attached hydrogens (tertiary/aromatic N) is 3. The minimum absolute atomic E-state index is 0.0478. The molecule has 0 bridgehead atoms. The number of carbonyl (C=O) groups excluding carboxylic acids is 1. The summed E-state index contributed by atoms with van der Waals surface area (Å²) >= 11 is 3.48. The molecule has 0 aliphatic heterocycles. The lowest BCUT2D eigenvalue weighted by Gasteiger charge is -2.34. The summed E-state index contributed by atoms with van der Waals surface area (Å²) in [7, 11) is 0. The van der Waals surface area contributed by atoms with Crippen LogP contribution in [-0.2, 0) is 0 Å². The normalized spacial score (nSPS) is 12.2. The summed E-state index contributed by atoms with van der Waals surface area (Å²) in [6.45, 7) is 8.74. The summed E-state index contributed by atoms with van der Waals surface area (Å²) in [6.07, 6.45) is 0.617. The Bertz CT molecular complexity index is 1410. The maximum atomic E-state index is 13.9. The lowest BCUT2D eigenvalue weighted by atomic mass is 10.0. The summed E-state index contributed by atoms with van der Waals surface area (Å²) in [5.41, 5.74) is 2.81. The van der Waals surface area contributed by atoms with Crippen LogP contribution in [0.25, 0.3) is 16.6 Å². The van der Waals surface area contributed by atoms with Gasteiger partial charge in [-0.3, -0.25) is 14.2 Å². The molecule has 0 saturated carbocycles. The number of hydrogen-bond acceptors (Lipinski definition) is 3. The molecule has 0 aliphatic carbocycles. The molecule has 1 amide bonds. The Morgan fingerprint density at radius 3 is 2.31 bits per heavy atom. The highest BCUT2D eigenvalue weighted by atomic mass is 79.9. The first-order valence-electron chi connectivity index (χ1n) is 12.0. The Hall–Kier alpha value is -3.25. The van der Waals surface area contributed by atoms with Gasteiger partial charge in [-0.2, -0.15) is 0 Å². The predicted molar refractivity (Wildman–Crippen MR) is 145 cm³/mol. The van der Waals surface area contributed by atoms with Gasteiger partial charge < -0.3 is 4.90 Å². The molecule has 0 aliphatic rings. The highest BCUT2D eigenvalue weighted by Crippen LogP contribution is 2.29. The van der Waals surface area contributed by atoms with E-state index in [0.29, 0.717) is 35.3 Å². The van der Waals surface area contributed by atoms with Gasteiger partial charge in [0.1, 0.15) is 5.82 Å². The smallest absolute Gasteiger partial charge is 0.266 e. The van der Waals surface area contributed by atoms with Gasteiger partial charge in [-0.25, -0.2) is 4.98 Å². The van der Waals surface area contributed by atoms with Gasteiger partial charge >= 0.3 is 0 Å². The van der Waals surface area contributed by atoms with Crippen LogP contribution in [0.3, 0.4) is 0 Å². The third-order valence-corrected chi connectivity index (χ3v) is 6.67. The Balaban J connectivity index is 1.97. The summed E-state index contributed by atoms with van der Waals surface area (Å²) in [5.74, 6) is 0.764. The van der Waals surface area contributed by atoms with E-state index in [1.54, 1.807) is 10.6 Å². The number of aromatic nitrogens is 2. The molecule has 180 valence electrons. The fraction of sp³-hybridized carbons (Fsp3) is 0.276. The number of halogens is 1. The van der Waals surface area contributed by atoms with Gasteiger partial charge in [0.05, 0.1) is 22.6 Å². The molecule has 0 N–H and O–H groups in total. The summed E-state index contributed by atoms with van der Waals surface area (Å²) in [6, 6.07) is 22.3. The molecule has 0 fully saturated rings. The Kier molecular flexibility index (Phi) is 7.51. The zero-order valence-corrected chi connectivity index (χ0v) is 22.1. The molecule has 35 heavy (non-hydrogen) atoms. The van der Waals surface area contributed by atoms with E-state index in [4.69, 9.17) is 4.98 Å². The van der Waals surface area contributed by atoms with Gasteiger partial charge in [0, 0.05) is 16.6 Å². The minimum Gasteiger partial charge on any atom is -0.328 e. The first kappa shape index (κ1) is 24.9. The van der Waals surface area contributed by atoms with E-state index in [1.165, 1.54) is 0 Å². The zero-order chi connectivity index (χ0) is 25.1. The van der Waals surface area contributed by atoms with Crippen LogP contribution in [0.15, 0.2) is 82.1 Å². The molecular formula is C29H30BrN3O2. The first-order chi connectivity index (χ1) is 16.8. The van der Waals surface area contributed by atoms with E-state index in [2.05, 4.69) is 29.8 Å². The van der Waals surface area contributed by atoms with Crippen LogP contribution >= 0.6 is 15.9 Å². The molecule has 3 aromatic carbocycles. The predicted octanol–water partition coefficient (Wildman–Crippen LogP) is 6.71. The molecule has 0 radical (unpaired) electrons. The largest absolute Gasteiger partial charge is 0.328 e. The lowest BCUT2D eigenvalue weighted by molar-refractivity contribution is 0.0630. The number of carbonyl (C=O) groups is 1. The van der Waals surface area contributed by atoms with Crippen molar-refractivity contribution in [2.75, 3.05) is 6.54 Å². The second-order valence-corrected chi connectivity index (χ2v) is 10.1. The molecule has 0 saturated heterocycles. The number of rotatable bonds is 7. The van der Waals surface area contributed by atoms with Crippen molar-refractivity contribution in [2.24, 2.45) is 5.92 Å². The second-order valence-electron chi connectivity index (χ2n) is 9.19. The molecule has 0 spiro atoms. The van der Waals surface area contributed by atoms with Gasteiger partial charge in [-0.1, -0.05) is 67.0 Å². The van der Waals surface area contributed by atoms with E-state index in [9.17, 15) is 9.59 Å². The minimum atomic E-state index is -0.384. The van der Waals surface area contributed by atoms with E-state index in [0.717, 1.165) is 15.7 Å². The number of para-hydroxylation sites is 1. The van der Waals surface area contributed by atoms with Crippen molar-refractivity contribution in [2.45, 2.75) is 40.2 Å². The molecule has 1 unspecified atom stereocenters. The molecule has 1 atom stereocenters. The van der Waals surface area contributed by atoms with Crippen LogP contribution < -0.4 is 5.56 Å². The van der Waals surface area contributed by atoms with Crippen LogP contribution in [0.5, 0.6) is 0 Å². The summed E-state index contributed by atoms with van der Waals surface area (Å²) in [5, 5.41) is 0.551. The van der Waals surface area contributed by atoms with Crippen molar-refractivity contribution in [3.05, 3.63) is 105 Å². The number of amides is 1. The quantitative estimate of drug-likeness (QED) is 0.266. The van der Waals surface area contributed by atoms with E-state index in [-0.39, 0.29) is 23.4 Å². The third kappa shape index (κ3) is 5.08. The third-order valence-electron chi connectivity index (χ3n) is 6.15. The van der Waals surface area contributed by atoms with Gasteiger partial charge in [0.2, 0.25) is 0 Å². The van der Waals surface area contributed by atoms with Crippen molar-refractivity contribution >= 4 is 32.7 Å². The Labute approximate surface area is 214 Å². The second kappa shape index (κ2) is 10.6. The number of fused-ring (bicyclic) bond motifs is 1. The number of benzene rings is 3. The molecule has 5 nitrogen and oxygen atoms in total. The van der Waals surface area contributed by atoms with E-state index < -0.39 is 0 Å². The summed E-state index contributed by atoms with van der Waals surface area (Å²) in [4.78, 5) is 34.6. The lowest BCUT2D eigenvalue weighted by Crippen LogP contribution is -2.40. The van der Waals surface area contributed by atoms with Gasteiger partial charge in [-0.05, 0) is 67.3 Å². The maximum absolute atomic E-state index is 13.9. The van der Waals surface area contributed by atoms with Gasteiger partial charge in [-0.15, -0.1) is 0 Å². The van der Waals surface area contributed by atoms with Gasteiger partial charge in [0.15, 0.2) is 0 Å². The topological polar surface area (TPSA) is 55.2 Å². The Morgan fingerprint density at radius 1 is 1.00 bits per heavy atom. The number of hydrogen-bond donors (Lipinski definition) is 0. The highest BCUT2D eigenvalue weighted by molar-refractivity contribution is 9.10. The fourth-order valence-corrected chi connectivity index (χ4v) is 4.73. The Morgan fingerprint density at radius 2 is 1.66 bits per heavy atom. The molecule has 6 heteroatoms. The SMILES string of the molecule is CCC(c1nc2ccccc2c(=O)n1-c1ccc(Br)cc1)N(CC(C)C)C(=O)c1ccccc1C. The van der Waals surface area contributed by atoms with Crippen molar-refractivity contribution in [1.82, 2.24) is 14.5 Å². The van der Waals surface area contributed by atoms with Crippen LogP contribution in [0.4, 0.5) is 0 Å². The van der Waals surface area contributed by atoms with Crippen LogP contribution in [0.2, 0.25) is 0 Å². The molecule has 1 aromatic heterocycles. The molecule has 4 rings (SSSR count). The van der Waals surface area contributed by atoms with Crippen molar-refractivity contribution in [3.8, 4) is 5.69 Å². The summed E-state index contributed by atoms with van der Waals surface area (Å²) < 4.78 is 2.59. The average Bonchev–Trinajstić information content (AvgIpc) is 2.84. The first-order valence-corrected chi connectivity index (χ1v) is 12.7. The zero-order valence-electron chi connectivity index (χ0n) is 20.5. The maximum Gasteiger partial charge on any atom is 0.266 e. The van der Waals surface area contributed by atoms with Crippen LogP contribution in [0, 0.1) is 12.8 Å². The average molecular weight is 532 g/mol.